The maximum atomic E-state index is 6.76. The van der Waals surface area contributed by atoms with Gasteiger partial charge in [-0.3, -0.25) is 0 Å². The minimum Gasteiger partial charge on any atom is -0.373 e. The molecule has 2 aliphatic rings. The van der Waals surface area contributed by atoms with Crippen molar-refractivity contribution in [3.8, 4) is 0 Å². The molecule has 0 spiro atoms. The highest BCUT2D eigenvalue weighted by molar-refractivity contribution is 5.45. The second kappa shape index (κ2) is 10.5. The van der Waals surface area contributed by atoms with Crippen molar-refractivity contribution >= 4 is 6.08 Å². The molecule has 1 saturated heterocycles. The van der Waals surface area contributed by atoms with Crippen LogP contribution in [0.25, 0.3) is 6.08 Å². The molecule has 33 heavy (non-hydrogen) atoms. The molecule has 1 atom stereocenters. The van der Waals surface area contributed by atoms with E-state index in [0.29, 0.717) is 13.2 Å². The molecule has 2 aromatic carbocycles. The second-order valence-electron chi connectivity index (χ2n) is 9.09. The lowest BCUT2D eigenvalue weighted by Gasteiger charge is -2.32. The van der Waals surface area contributed by atoms with Gasteiger partial charge in [-0.15, -0.1) is 0 Å². The molecule has 0 aliphatic carbocycles. The molecule has 1 aromatic heterocycles. The fourth-order valence-corrected chi connectivity index (χ4v) is 4.75. The predicted octanol–water partition coefficient (Wildman–Crippen LogP) is 4.87. The minimum absolute atomic E-state index is 0.117. The van der Waals surface area contributed by atoms with E-state index in [4.69, 9.17) is 14.5 Å². The van der Waals surface area contributed by atoms with Crippen molar-refractivity contribution in [1.82, 2.24) is 14.5 Å². The number of nitrogens with zero attached hydrogens (tertiary/aromatic N) is 3. The van der Waals surface area contributed by atoms with Crippen molar-refractivity contribution in [2.45, 2.75) is 44.6 Å². The van der Waals surface area contributed by atoms with Gasteiger partial charge in [-0.1, -0.05) is 60.7 Å². The van der Waals surface area contributed by atoms with Crippen molar-refractivity contribution in [1.29, 1.82) is 0 Å². The molecule has 0 radical (unpaired) electrons. The lowest BCUT2D eigenvalue weighted by molar-refractivity contribution is -0.0275. The molecule has 0 N–H and O–H groups in total. The first-order chi connectivity index (χ1) is 16.3. The van der Waals surface area contributed by atoms with E-state index in [2.05, 4.69) is 65.2 Å². The number of rotatable bonds is 7. The van der Waals surface area contributed by atoms with Gasteiger partial charge < -0.3 is 18.9 Å². The quantitative estimate of drug-likeness (QED) is 0.489. The van der Waals surface area contributed by atoms with Gasteiger partial charge in [0.05, 0.1) is 25.0 Å². The summed E-state index contributed by atoms with van der Waals surface area (Å²) in [5.41, 5.74) is 4.78. The normalized spacial score (nSPS) is 19.4. The average molecular weight is 444 g/mol. The smallest absolute Gasteiger partial charge is 0.143 e. The molecular weight excluding hydrogens is 410 g/mol. The SMILES string of the molecule is CN1CCC(OC2c3ccccc3CCn3cc(/C=C\COCc4ccccc4)nc32)CC1. The molecule has 1 unspecified atom stereocenters. The van der Waals surface area contributed by atoms with Crippen LogP contribution >= 0.6 is 0 Å². The summed E-state index contributed by atoms with van der Waals surface area (Å²) in [6.45, 7) is 4.28. The summed E-state index contributed by atoms with van der Waals surface area (Å²) in [6.07, 6.45) is 9.55. The zero-order valence-electron chi connectivity index (χ0n) is 19.4. The van der Waals surface area contributed by atoms with E-state index in [0.717, 1.165) is 50.4 Å². The number of aryl methyl sites for hydroxylation is 2. The molecular formula is C28H33N3O2. The van der Waals surface area contributed by atoms with E-state index >= 15 is 0 Å². The highest BCUT2D eigenvalue weighted by atomic mass is 16.5. The minimum atomic E-state index is -0.117. The zero-order valence-corrected chi connectivity index (χ0v) is 19.4. The summed E-state index contributed by atoms with van der Waals surface area (Å²) in [5, 5.41) is 0. The molecule has 0 saturated carbocycles. The van der Waals surface area contributed by atoms with E-state index in [1.165, 1.54) is 16.7 Å². The van der Waals surface area contributed by atoms with Gasteiger partial charge in [0.25, 0.3) is 0 Å². The summed E-state index contributed by atoms with van der Waals surface area (Å²) in [4.78, 5) is 7.39. The van der Waals surface area contributed by atoms with Crippen LogP contribution in [0.15, 0.2) is 66.9 Å². The predicted molar refractivity (Wildman–Crippen MR) is 131 cm³/mol. The Hall–Kier alpha value is -2.73. The van der Waals surface area contributed by atoms with Gasteiger partial charge >= 0.3 is 0 Å². The monoisotopic (exact) mass is 443 g/mol. The van der Waals surface area contributed by atoms with Crippen LogP contribution < -0.4 is 0 Å². The summed E-state index contributed by atoms with van der Waals surface area (Å²) in [7, 11) is 2.19. The van der Waals surface area contributed by atoms with Crippen molar-refractivity contribution in [3.05, 3.63) is 95.1 Å². The lowest BCUT2D eigenvalue weighted by Crippen LogP contribution is -2.35. The number of benzene rings is 2. The first-order valence-corrected chi connectivity index (χ1v) is 12.0. The fourth-order valence-electron chi connectivity index (χ4n) is 4.75. The molecule has 1 fully saturated rings. The van der Waals surface area contributed by atoms with Crippen LogP contribution in [0, 0.1) is 0 Å². The van der Waals surface area contributed by atoms with Crippen LogP contribution in [0.4, 0.5) is 0 Å². The first-order valence-electron chi connectivity index (χ1n) is 12.0. The lowest BCUT2D eigenvalue weighted by atomic mass is 10.00. The Kier molecular flexibility index (Phi) is 7.01. The highest BCUT2D eigenvalue weighted by Gasteiger charge is 2.30. The Morgan fingerprint density at radius 3 is 2.64 bits per heavy atom. The van der Waals surface area contributed by atoms with Gasteiger partial charge in [-0.2, -0.15) is 0 Å². The molecule has 0 bridgehead atoms. The number of hydrogen-bond donors (Lipinski definition) is 0. The topological polar surface area (TPSA) is 39.5 Å². The summed E-state index contributed by atoms with van der Waals surface area (Å²) in [6, 6.07) is 19.0. The van der Waals surface area contributed by atoms with Crippen molar-refractivity contribution in [2.24, 2.45) is 0 Å². The Balaban J connectivity index is 1.30. The van der Waals surface area contributed by atoms with Crippen molar-refractivity contribution in [3.63, 3.8) is 0 Å². The van der Waals surface area contributed by atoms with Crippen molar-refractivity contribution < 1.29 is 9.47 Å². The van der Waals surface area contributed by atoms with Gasteiger partial charge in [0.15, 0.2) is 0 Å². The third-order valence-corrected chi connectivity index (χ3v) is 6.63. The standard InChI is InChI=1S/C28H33N3O2/c1-30-16-14-25(15-17-30)33-27-26-12-6-5-10-23(26)13-18-31-20-24(29-28(27)31)11-7-19-32-21-22-8-3-2-4-9-22/h2-12,20,25,27H,13-19,21H2,1H3/b11-7-. The van der Waals surface area contributed by atoms with Gasteiger partial charge in [-0.25, -0.2) is 4.98 Å². The molecule has 3 aromatic rings. The van der Waals surface area contributed by atoms with E-state index in [1.807, 2.05) is 24.3 Å². The van der Waals surface area contributed by atoms with Gasteiger partial charge in [-0.05, 0) is 49.1 Å². The summed E-state index contributed by atoms with van der Waals surface area (Å²) in [5.74, 6) is 1.02. The fraction of sp³-hybridized carbons (Fsp3) is 0.393. The van der Waals surface area contributed by atoms with Gasteiger partial charge in [0.2, 0.25) is 0 Å². The van der Waals surface area contributed by atoms with Crippen LogP contribution in [-0.2, 0) is 29.0 Å². The third kappa shape index (κ3) is 5.44. The van der Waals surface area contributed by atoms with E-state index in [-0.39, 0.29) is 12.2 Å². The Bertz CT molecular complexity index is 1070. The molecule has 5 rings (SSSR count). The van der Waals surface area contributed by atoms with Crippen LogP contribution in [0.5, 0.6) is 0 Å². The highest BCUT2D eigenvalue weighted by Crippen LogP contribution is 2.34. The van der Waals surface area contributed by atoms with Crippen LogP contribution in [-0.4, -0.2) is 47.3 Å². The number of aromatic nitrogens is 2. The average Bonchev–Trinajstić information content (AvgIpc) is 3.20. The van der Waals surface area contributed by atoms with Crippen LogP contribution in [0.2, 0.25) is 0 Å². The van der Waals surface area contributed by atoms with Gasteiger partial charge in [0.1, 0.15) is 11.9 Å². The number of hydrogen-bond acceptors (Lipinski definition) is 4. The van der Waals surface area contributed by atoms with E-state index < -0.39 is 0 Å². The van der Waals surface area contributed by atoms with Crippen LogP contribution in [0.3, 0.4) is 0 Å². The largest absolute Gasteiger partial charge is 0.373 e. The maximum absolute atomic E-state index is 6.76. The number of imidazole rings is 1. The third-order valence-electron chi connectivity index (χ3n) is 6.63. The maximum Gasteiger partial charge on any atom is 0.143 e. The Morgan fingerprint density at radius 1 is 1.00 bits per heavy atom. The molecule has 172 valence electrons. The number of likely N-dealkylation sites (tertiary alicyclic amines) is 1. The molecule has 5 heteroatoms. The second-order valence-corrected chi connectivity index (χ2v) is 9.09. The molecule has 0 amide bonds. The van der Waals surface area contributed by atoms with E-state index in [1.54, 1.807) is 0 Å². The summed E-state index contributed by atoms with van der Waals surface area (Å²) >= 11 is 0. The molecule has 3 heterocycles. The molecule has 2 aliphatic heterocycles. The number of piperidine rings is 1. The van der Waals surface area contributed by atoms with Crippen molar-refractivity contribution in [2.75, 3.05) is 26.7 Å². The van der Waals surface area contributed by atoms with E-state index in [9.17, 15) is 0 Å². The van der Waals surface area contributed by atoms with Crippen LogP contribution in [0.1, 0.15) is 47.2 Å². The number of fused-ring (bicyclic) bond motifs is 2. The first kappa shape index (κ1) is 22.1. The van der Waals surface area contributed by atoms with Gasteiger partial charge in [0, 0.05) is 25.8 Å². The Labute approximate surface area is 196 Å². The zero-order chi connectivity index (χ0) is 22.5. The number of ether oxygens (including phenoxy) is 2. The molecule has 5 nitrogen and oxygen atoms in total. The summed E-state index contributed by atoms with van der Waals surface area (Å²) < 4.78 is 14.8. The Morgan fingerprint density at radius 2 is 1.79 bits per heavy atom.